The van der Waals surface area contributed by atoms with Crippen LogP contribution in [0.1, 0.15) is 43.2 Å². The summed E-state index contributed by atoms with van der Waals surface area (Å²) >= 11 is 0. The van der Waals surface area contributed by atoms with E-state index in [0.29, 0.717) is 12.1 Å². The Hall–Kier alpha value is -1.86. The third-order valence-electron chi connectivity index (χ3n) is 3.73. The number of carbonyl (C=O) groups is 1. The molecular weight excluding hydrogens is 238 g/mol. The van der Waals surface area contributed by atoms with Gasteiger partial charge in [-0.2, -0.15) is 5.26 Å². The van der Waals surface area contributed by atoms with Crippen LogP contribution in [0.15, 0.2) is 24.3 Å². The number of nitrogens with one attached hydrogen (secondary N) is 1. The molecule has 0 bridgehead atoms. The first-order chi connectivity index (χ1) is 9.14. The maximum atomic E-state index is 12.1. The minimum absolute atomic E-state index is 0.0587. The Kier molecular flexibility index (Phi) is 4.18. The quantitative estimate of drug-likeness (QED) is 0.867. The van der Waals surface area contributed by atoms with Crippen molar-refractivity contribution in [2.24, 2.45) is 5.73 Å². The average molecular weight is 257 g/mol. The number of hydrogen-bond acceptors (Lipinski definition) is 3. The van der Waals surface area contributed by atoms with Gasteiger partial charge in [0, 0.05) is 6.54 Å². The van der Waals surface area contributed by atoms with Crippen LogP contribution >= 0.6 is 0 Å². The zero-order valence-corrected chi connectivity index (χ0v) is 11.0. The Morgan fingerprint density at radius 2 is 1.89 bits per heavy atom. The van der Waals surface area contributed by atoms with Crippen LogP contribution in [-0.4, -0.2) is 11.4 Å². The van der Waals surface area contributed by atoms with Crippen LogP contribution < -0.4 is 11.1 Å². The van der Waals surface area contributed by atoms with Crippen LogP contribution in [-0.2, 0) is 11.3 Å². The summed E-state index contributed by atoms with van der Waals surface area (Å²) in [7, 11) is 0. The van der Waals surface area contributed by atoms with Gasteiger partial charge < -0.3 is 11.1 Å². The SMILES string of the molecule is N#Cc1ccc(CNC(=O)C2(N)CCCCC2)cc1. The van der Waals surface area contributed by atoms with E-state index < -0.39 is 5.54 Å². The number of carbonyl (C=O) groups excluding carboxylic acids is 1. The number of nitrogens with two attached hydrogens (primary N) is 1. The van der Waals surface area contributed by atoms with Crippen LogP contribution in [0, 0.1) is 11.3 Å². The molecule has 3 N–H and O–H groups in total. The molecule has 100 valence electrons. The van der Waals surface area contributed by atoms with E-state index in [1.807, 2.05) is 12.1 Å². The van der Waals surface area contributed by atoms with Crippen molar-refractivity contribution >= 4 is 5.91 Å². The summed E-state index contributed by atoms with van der Waals surface area (Å²) < 4.78 is 0. The standard InChI is InChI=1S/C15H19N3O/c16-10-12-4-6-13(7-5-12)11-18-14(19)15(17)8-2-1-3-9-15/h4-7H,1-3,8-9,11,17H2,(H,18,19). The van der Waals surface area contributed by atoms with Crippen molar-refractivity contribution in [1.82, 2.24) is 5.32 Å². The molecule has 0 aliphatic heterocycles. The van der Waals surface area contributed by atoms with Crippen molar-refractivity contribution in [2.75, 3.05) is 0 Å². The molecule has 4 nitrogen and oxygen atoms in total. The second kappa shape index (κ2) is 5.85. The summed E-state index contributed by atoms with van der Waals surface area (Å²) in [5.41, 5.74) is 7.07. The summed E-state index contributed by atoms with van der Waals surface area (Å²) in [6.07, 6.45) is 4.77. The van der Waals surface area contributed by atoms with Gasteiger partial charge in [0.05, 0.1) is 17.2 Å². The van der Waals surface area contributed by atoms with Crippen LogP contribution in [0.2, 0.25) is 0 Å². The lowest BCUT2D eigenvalue weighted by Crippen LogP contribution is -2.54. The van der Waals surface area contributed by atoms with Gasteiger partial charge in [-0.25, -0.2) is 0 Å². The molecule has 0 radical (unpaired) electrons. The van der Waals surface area contributed by atoms with Gasteiger partial charge in [-0.15, -0.1) is 0 Å². The van der Waals surface area contributed by atoms with Gasteiger partial charge in [0.25, 0.3) is 0 Å². The average Bonchev–Trinajstić information content (AvgIpc) is 2.46. The van der Waals surface area contributed by atoms with E-state index >= 15 is 0 Å². The molecule has 0 spiro atoms. The van der Waals surface area contributed by atoms with Gasteiger partial charge in [0.1, 0.15) is 0 Å². The predicted octanol–water partition coefficient (Wildman–Crippen LogP) is 1.84. The molecule has 2 rings (SSSR count). The monoisotopic (exact) mass is 257 g/mol. The number of amides is 1. The zero-order valence-electron chi connectivity index (χ0n) is 11.0. The van der Waals surface area contributed by atoms with E-state index in [4.69, 9.17) is 11.0 Å². The fourth-order valence-electron chi connectivity index (χ4n) is 2.47. The first-order valence-corrected chi connectivity index (χ1v) is 6.70. The molecule has 19 heavy (non-hydrogen) atoms. The summed E-state index contributed by atoms with van der Waals surface area (Å²) in [4.78, 5) is 12.1. The number of nitrogens with zero attached hydrogens (tertiary/aromatic N) is 1. The van der Waals surface area contributed by atoms with E-state index in [-0.39, 0.29) is 5.91 Å². The summed E-state index contributed by atoms with van der Waals surface area (Å²) in [6, 6.07) is 9.27. The van der Waals surface area contributed by atoms with Gasteiger partial charge in [-0.3, -0.25) is 4.79 Å². The van der Waals surface area contributed by atoms with Crippen LogP contribution in [0.3, 0.4) is 0 Å². The maximum Gasteiger partial charge on any atom is 0.240 e. The Morgan fingerprint density at radius 1 is 1.26 bits per heavy atom. The lowest BCUT2D eigenvalue weighted by atomic mass is 9.82. The molecule has 1 aromatic rings. The molecule has 1 aromatic carbocycles. The van der Waals surface area contributed by atoms with Crippen LogP contribution in [0.4, 0.5) is 0 Å². The van der Waals surface area contributed by atoms with E-state index in [1.165, 1.54) is 6.42 Å². The zero-order chi connectivity index (χ0) is 13.7. The number of benzene rings is 1. The third kappa shape index (κ3) is 3.33. The normalized spacial score (nSPS) is 17.5. The highest BCUT2D eigenvalue weighted by atomic mass is 16.2. The van der Waals surface area contributed by atoms with Gasteiger partial charge >= 0.3 is 0 Å². The minimum Gasteiger partial charge on any atom is -0.350 e. The molecule has 4 heteroatoms. The first-order valence-electron chi connectivity index (χ1n) is 6.70. The van der Waals surface area contributed by atoms with Crippen LogP contribution in [0.5, 0.6) is 0 Å². The van der Waals surface area contributed by atoms with Crippen molar-refractivity contribution in [3.05, 3.63) is 35.4 Å². The number of rotatable bonds is 3. The Balaban J connectivity index is 1.90. The Bertz CT molecular complexity index is 481. The number of nitriles is 1. The molecule has 1 amide bonds. The lowest BCUT2D eigenvalue weighted by Gasteiger charge is -2.31. The largest absolute Gasteiger partial charge is 0.350 e. The molecule has 1 aliphatic carbocycles. The van der Waals surface area contributed by atoms with Crippen molar-refractivity contribution in [3.8, 4) is 6.07 Å². The molecule has 1 saturated carbocycles. The second-order valence-electron chi connectivity index (χ2n) is 5.21. The first kappa shape index (κ1) is 13.6. The molecular formula is C15H19N3O. The van der Waals surface area contributed by atoms with E-state index in [2.05, 4.69) is 11.4 Å². The third-order valence-corrected chi connectivity index (χ3v) is 3.73. The summed E-state index contributed by atoms with van der Waals surface area (Å²) in [5.74, 6) is -0.0587. The van der Waals surface area contributed by atoms with Gasteiger partial charge in [0.2, 0.25) is 5.91 Å². The topological polar surface area (TPSA) is 78.9 Å². The second-order valence-corrected chi connectivity index (χ2v) is 5.21. The van der Waals surface area contributed by atoms with Gasteiger partial charge in [-0.05, 0) is 30.5 Å². The summed E-state index contributed by atoms with van der Waals surface area (Å²) in [6.45, 7) is 0.462. The van der Waals surface area contributed by atoms with Crippen molar-refractivity contribution in [3.63, 3.8) is 0 Å². The maximum absolute atomic E-state index is 12.1. The fraction of sp³-hybridized carbons (Fsp3) is 0.467. The highest BCUT2D eigenvalue weighted by Gasteiger charge is 2.34. The predicted molar refractivity (Wildman–Crippen MR) is 73.0 cm³/mol. The van der Waals surface area contributed by atoms with E-state index in [0.717, 1.165) is 31.2 Å². The Morgan fingerprint density at radius 3 is 2.47 bits per heavy atom. The molecule has 0 aromatic heterocycles. The van der Waals surface area contributed by atoms with E-state index in [9.17, 15) is 4.79 Å². The van der Waals surface area contributed by atoms with E-state index in [1.54, 1.807) is 12.1 Å². The van der Waals surface area contributed by atoms with Crippen molar-refractivity contribution in [1.29, 1.82) is 5.26 Å². The molecule has 0 heterocycles. The highest BCUT2D eigenvalue weighted by Crippen LogP contribution is 2.26. The minimum atomic E-state index is -0.690. The molecule has 0 saturated heterocycles. The number of hydrogen-bond donors (Lipinski definition) is 2. The Labute approximate surface area is 113 Å². The lowest BCUT2D eigenvalue weighted by molar-refractivity contribution is -0.127. The fourth-order valence-corrected chi connectivity index (χ4v) is 2.47. The van der Waals surface area contributed by atoms with Gasteiger partial charge in [-0.1, -0.05) is 31.4 Å². The molecule has 0 unspecified atom stereocenters. The van der Waals surface area contributed by atoms with Gasteiger partial charge in [0.15, 0.2) is 0 Å². The molecule has 1 fully saturated rings. The molecule has 0 atom stereocenters. The molecule has 1 aliphatic rings. The van der Waals surface area contributed by atoms with Crippen molar-refractivity contribution < 1.29 is 4.79 Å². The highest BCUT2D eigenvalue weighted by molar-refractivity contribution is 5.86. The van der Waals surface area contributed by atoms with Crippen LogP contribution in [0.25, 0.3) is 0 Å². The smallest absolute Gasteiger partial charge is 0.240 e. The van der Waals surface area contributed by atoms with Crippen molar-refractivity contribution in [2.45, 2.75) is 44.2 Å². The summed E-state index contributed by atoms with van der Waals surface area (Å²) in [5, 5.41) is 11.6.